The number of rotatable bonds is 7. The molecule has 0 fully saturated rings. The fraction of sp³-hybridized carbons (Fsp3) is 0.409. The minimum absolute atomic E-state index is 0.0129. The van der Waals surface area contributed by atoms with Crippen molar-refractivity contribution in [2.24, 2.45) is 4.99 Å². The van der Waals surface area contributed by atoms with E-state index in [0.717, 1.165) is 16.4 Å². The van der Waals surface area contributed by atoms with Crippen molar-refractivity contribution in [3.8, 4) is 5.75 Å². The van der Waals surface area contributed by atoms with Gasteiger partial charge in [0.25, 0.3) is 0 Å². The first-order chi connectivity index (χ1) is 14.4. The third-order valence-corrected chi connectivity index (χ3v) is 6.03. The number of ether oxygens (including phenoxy) is 2. The van der Waals surface area contributed by atoms with Crippen molar-refractivity contribution in [3.05, 3.63) is 52.2 Å². The van der Waals surface area contributed by atoms with Gasteiger partial charge in [-0.25, -0.2) is 9.79 Å². The number of benzene rings is 1. The number of thioether (sulfide) groups is 1. The molecule has 30 heavy (non-hydrogen) atoms. The second-order valence-electron chi connectivity index (χ2n) is 6.97. The summed E-state index contributed by atoms with van der Waals surface area (Å²) in [5.74, 6) is 0.300. The molecule has 0 N–H and O–H groups in total. The van der Waals surface area contributed by atoms with Crippen molar-refractivity contribution in [1.29, 1.82) is 0 Å². The van der Waals surface area contributed by atoms with Crippen molar-refractivity contribution < 1.29 is 19.1 Å². The van der Waals surface area contributed by atoms with Crippen LogP contribution in [0.4, 0.5) is 0 Å². The van der Waals surface area contributed by atoms with E-state index in [9.17, 15) is 9.59 Å². The first-order valence-corrected chi connectivity index (χ1v) is 10.8. The van der Waals surface area contributed by atoms with Crippen molar-refractivity contribution in [2.45, 2.75) is 33.2 Å². The molecular formula is C22H27N3O4S. The number of amides is 1. The molecule has 1 atom stereocenters. The Morgan fingerprint density at radius 2 is 2.07 bits per heavy atom. The van der Waals surface area contributed by atoms with Gasteiger partial charge in [0.2, 0.25) is 5.91 Å². The number of hydrogen-bond donors (Lipinski definition) is 0. The third kappa shape index (κ3) is 4.23. The Balaban J connectivity index is 2.07. The molecule has 1 amide bonds. The van der Waals surface area contributed by atoms with Crippen LogP contribution in [-0.2, 0) is 14.3 Å². The van der Waals surface area contributed by atoms with Gasteiger partial charge in [0.05, 0.1) is 37.4 Å². The minimum Gasteiger partial charge on any atom is -0.497 e. The summed E-state index contributed by atoms with van der Waals surface area (Å²) in [7, 11) is 3.39. The lowest BCUT2D eigenvalue weighted by Gasteiger charge is -2.36. The Labute approximate surface area is 181 Å². The minimum atomic E-state index is -0.451. The number of carbonyl (C=O) groups excluding carboxylic acids is 2. The Bertz CT molecular complexity index is 938. The number of aliphatic imine (C=N–C) groups is 1. The number of allylic oxidation sites excluding steroid dienone is 1. The smallest absolute Gasteiger partial charge is 0.338 e. The molecule has 8 heteroatoms. The zero-order chi connectivity index (χ0) is 21.8. The zero-order valence-electron chi connectivity index (χ0n) is 18.0. The number of nitrogens with zero attached hydrogens (tertiary/aromatic N) is 3. The molecule has 1 unspecified atom stereocenters. The number of amidine groups is 1. The summed E-state index contributed by atoms with van der Waals surface area (Å²) in [5.41, 5.74) is 2.77. The highest BCUT2D eigenvalue weighted by Crippen LogP contribution is 2.45. The van der Waals surface area contributed by atoms with E-state index in [1.807, 2.05) is 48.4 Å². The molecular weight excluding hydrogens is 402 g/mol. The van der Waals surface area contributed by atoms with E-state index in [1.54, 1.807) is 26.0 Å². The largest absolute Gasteiger partial charge is 0.497 e. The van der Waals surface area contributed by atoms with Crippen LogP contribution in [0.15, 0.2) is 51.6 Å². The number of methoxy groups -OCH3 is 1. The van der Waals surface area contributed by atoms with Crippen LogP contribution in [0.5, 0.6) is 5.75 Å². The molecule has 3 rings (SSSR count). The van der Waals surface area contributed by atoms with Crippen LogP contribution in [-0.4, -0.2) is 54.2 Å². The Hall–Kier alpha value is -2.74. The first kappa shape index (κ1) is 22.0. The van der Waals surface area contributed by atoms with Gasteiger partial charge in [0.1, 0.15) is 5.75 Å². The highest BCUT2D eigenvalue weighted by molar-refractivity contribution is 8.16. The van der Waals surface area contributed by atoms with Crippen LogP contribution in [0.2, 0.25) is 0 Å². The van der Waals surface area contributed by atoms with Crippen LogP contribution in [0, 0.1) is 0 Å². The maximum atomic E-state index is 12.9. The highest BCUT2D eigenvalue weighted by Gasteiger charge is 2.41. The Kier molecular flexibility index (Phi) is 6.87. The van der Waals surface area contributed by atoms with E-state index in [4.69, 9.17) is 9.47 Å². The monoisotopic (exact) mass is 429 g/mol. The summed E-state index contributed by atoms with van der Waals surface area (Å²) in [5, 5.41) is 2.68. The molecule has 0 bridgehead atoms. The second kappa shape index (κ2) is 9.38. The molecule has 2 aliphatic heterocycles. The molecule has 160 valence electrons. The summed E-state index contributed by atoms with van der Waals surface area (Å²) in [4.78, 5) is 33.8. The van der Waals surface area contributed by atoms with Gasteiger partial charge >= 0.3 is 5.97 Å². The van der Waals surface area contributed by atoms with Crippen LogP contribution in [0.3, 0.4) is 0 Å². The van der Waals surface area contributed by atoms with E-state index < -0.39 is 12.0 Å². The normalized spacial score (nSPS) is 17.9. The average Bonchev–Trinajstić information content (AvgIpc) is 3.14. The topological polar surface area (TPSA) is 71.4 Å². The molecule has 0 spiro atoms. The molecule has 2 heterocycles. The summed E-state index contributed by atoms with van der Waals surface area (Å²) in [6.45, 7) is 6.44. The van der Waals surface area contributed by atoms with Crippen LogP contribution >= 0.6 is 11.8 Å². The molecule has 0 saturated heterocycles. The molecule has 1 aromatic carbocycles. The van der Waals surface area contributed by atoms with Crippen molar-refractivity contribution in [1.82, 2.24) is 9.80 Å². The molecule has 1 aromatic rings. The van der Waals surface area contributed by atoms with Gasteiger partial charge in [-0.3, -0.25) is 4.79 Å². The Morgan fingerprint density at radius 1 is 1.30 bits per heavy atom. The van der Waals surface area contributed by atoms with E-state index in [2.05, 4.69) is 4.99 Å². The zero-order valence-corrected chi connectivity index (χ0v) is 18.8. The standard InChI is InChI=1S/C22H27N3O4S/c1-6-24(4)18(26)12-16-13-30-22-23-14(3)19(21(27)29-7-2)20(25(16)22)15-9-8-10-17(11-15)28-5/h8-11,13,20H,6-7,12H2,1-5H3. The number of esters is 1. The van der Waals surface area contributed by atoms with E-state index in [1.165, 1.54) is 11.8 Å². The molecule has 0 aliphatic carbocycles. The lowest BCUT2D eigenvalue weighted by molar-refractivity contribution is -0.139. The molecule has 0 saturated carbocycles. The maximum absolute atomic E-state index is 12.9. The summed E-state index contributed by atoms with van der Waals surface area (Å²) >= 11 is 1.46. The second-order valence-corrected chi connectivity index (χ2v) is 7.81. The maximum Gasteiger partial charge on any atom is 0.338 e. The quantitative estimate of drug-likeness (QED) is 0.616. The predicted molar refractivity (Wildman–Crippen MR) is 118 cm³/mol. The third-order valence-electron chi connectivity index (χ3n) is 5.14. The predicted octanol–water partition coefficient (Wildman–Crippen LogP) is 3.70. The van der Waals surface area contributed by atoms with Gasteiger partial charge in [-0.05, 0) is 43.9 Å². The highest BCUT2D eigenvalue weighted by atomic mass is 32.2. The summed E-state index contributed by atoms with van der Waals surface area (Å²) in [6, 6.07) is 7.15. The van der Waals surface area contributed by atoms with Gasteiger partial charge in [-0.15, -0.1) is 0 Å². The van der Waals surface area contributed by atoms with Crippen LogP contribution < -0.4 is 4.74 Å². The van der Waals surface area contributed by atoms with Crippen molar-refractivity contribution in [3.63, 3.8) is 0 Å². The van der Waals surface area contributed by atoms with Gasteiger partial charge in [-0.2, -0.15) is 0 Å². The first-order valence-electron chi connectivity index (χ1n) is 9.90. The van der Waals surface area contributed by atoms with Crippen LogP contribution in [0.1, 0.15) is 38.8 Å². The average molecular weight is 430 g/mol. The number of hydrogen-bond acceptors (Lipinski definition) is 7. The molecule has 7 nitrogen and oxygen atoms in total. The summed E-state index contributed by atoms with van der Waals surface area (Å²) < 4.78 is 10.8. The lowest BCUT2D eigenvalue weighted by Crippen LogP contribution is -2.38. The number of fused-ring (bicyclic) bond motifs is 1. The van der Waals surface area contributed by atoms with Crippen molar-refractivity contribution in [2.75, 3.05) is 27.3 Å². The van der Waals surface area contributed by atoms with Gasteiger partial charge in [0.15, 0.2) is 5.17 Å². The van der Waals surface area contributed by atoms with E-state index in [-0.39, 0.29) is 18.9 Å². The Morgan fingerprint density at radius 3 is 2.73 bits per heavy atom. The van der Waals surface area contributed by atoms with Gasteiger partial charge < -0.3 is 19.3 Å². The SMILES string of the molecule is CCOC(=O)C1=C(C)N=C2SC=C(CC(=O)N(C)CC)N2C1c1cccc(OC)c1. The fourth-order valence-electron chi connectivity index (χ4n) is 3.43. The van der Waals surface area contributed by atoms with Crippen LogP contribution in [0.25, 0.3) is 0 Å². The lowest BCUT2D eigenvalue weighted by atomic mass is 9.93. The van der Waals surface area contributed by atoms with E-state index in [0.29, 0.717) is 23.6 Å². The van der Waals surface area contributed by atoms with E-state index >= 15 is 0 Å². The number of carbonyl (C=O) groups is 2. The van der Waals surface area contributed by atoms with Crippen molar-refractivity contribution >= 4 is 28.8 Å². The summed E-state index contributed by atoms with van der Waals surface area (Å²) in [6.07, 6.45) is 0.228. The molecule has 2 aliphatic rings. The molecule has 0 radical (unpaired) electrons. The molecule has 0 aromatic heterocycles. The van der Waals surface area contributed by atoms with Gasteiger partial charge in [0, 0.05) is 19.3 Å². The van der Waals surface area contributed by atoms with Gasteiger partial charge in [-0.1, -0.05) is 23.9 Å². The fourth-order valence-corrected chi connectivity index (χ4v) is 4.40.